The summed E-state index contributed by atoms with van der Waals surface area (Å²) >= 11 is 0. The van der Waals surface area contributed by atoms with Gasteiger partial charge in [0, 0.05) is 11.1 Å². The number of amides is 1. The smallest absolute Gasteiger partial charge is 0.336 e. The molecule has 6 nitrogen and oxygen atoms in total. The van der Waals surface area contributed by atoms with Gasteiger partial charge in [-0.25, -0.2) is 4.79 Å². The van der Waals surface area contributed by atoms with Crippen molar-refractivity contribution in [2.45, 2.75) is 0 Å². The van der Waals surface area contributed by atoms with Gasteiger partial charge >= 0.3 is 5.97 Å². The highest BCUT2D eigenvalue weighted by Gasteiger charge is 2.15. The van der Waals surface area contributed by atoms with Crippen molar-refractivity contribution in [3.8, 4) is 0 Å². The number of carbonyl (C=O) groups is 2. The number of rotatable bonds is 3. The molecule has 2 aromatic carbocycles. The Balaban J connectivity index is 1.91. The van der Waals surface area contributed by atoms with E-state index in [1.165, 1.54) is 12.1 Å². The van der Waals surface area contributed by atoms with Crippen LogP contribution in [0.15, 0.2) is 48.7 Å². The third-order valence-corrected chi connectivity index (χ3v) is 3.10. The minimum Gasteiger partial charge on any atom is -0.478 e. The maximum Gasteiger partial charge on any atom is 0.336 e. The van der Waals surface area contributed by atoms with E-state index in [2.05, 4.69) is 15.5 Å². The molecule has 0 aliphatic carbocycles. The average Bonchev–Trinajstić information content (AvgIpc) is 2.94. The summed E-state index contributed by atoms with van der Waals surface area (Å²) in [5.74, 6) is -1.60. The fraction of sp³-hybridized carbons (Fsp3) is 0. The fourth-order valence-corrected chi connectivity index (χ4v) is 2.08. The van der Waals surface area contributed by atoms with Crippen molar-refractivity contribution in [1.82, 2.24) is 10.2 Å². The van der Waals surface area contributed by atoms with Gasteiger partial charge in [0.2, 0.25) is 0 Å². The SMILES string of the molecule is O=C(O)c1ccccc1C(=O)Nc1ccc2cn[nH]c2c1. The zero-order valence-electron chi connectivity index (χ0n) is 10.8. The monoisotopic (exact) mass is 281 g/mol. The highest BCUT2D eigenvalue weighted by Crippen LogP contribution is 2.18. The van der Waals surface area contributed by atoms with Crippen LogP contribution in [0, 0.1) is 0 Å². The molecule has 104 valence electrons. The number of nitrogens with zero attached hydrogens (tertiary/aromatic N) is 1. The lowest BCUT2D eigenvalue weighted by Crippen LogP contribution is -2.16. The topological polar surface area (TPSA) is 95.1 Å². The molecule has 3 aromatic rings. The average molecular weight is 281 g/mol. The molecule has 1 amide bonds. The molecule has 1 heterocycles. The number of H-pyrrole nitrogens is 1. The first-order chi connectivity index (χ1) is 10.1. The first kappa shape index (κ1) is 12.9. The molecule has 3 rings (SSSR count). The summed E-state index contributed by atoms with van der Waals surface area (Å²) in [4.78, 5) is 23.3. The molecule has 0 spiro atoms. The van der Waals surface area contributed by atoms with Gasteiger partial charge in [-0.05, 0) is 30.3 Å². The predicted octanol–water partition coefficient (Wildman–Crippen LogP) is 2.51. The number of aromatic carboxylic acids is 1. The van der Waals surface area contributed by atoms with Gasteiger partial charge in [-0.3, -0.25) is 9.89 Å². The molecule has 0 atom stereocenters. The van der Waals surface area contributed by atoms with Crippen LogP contribution < -0.4 is 5.32 Å². The second-order valence-electron chi connectivity index (χ2n) is 4.48. The number of benzene rings is 2. The number of aromatic nitrogens is 2. The molecule has 0 bridgehead atoms. The van der Waals surface area contributed by atoms with Crippen LogP contribution in [0.1, 0.15) is 20.7 Å². The Morgan fingerprint density at radius 3 is 2.62 bits per heavy atom. The lowest BCUT2D eigenvalue weighted by molar-refractivity contribution is 0.0692. The minimum absolute atomic E-state index is 0.0300. The van der Waals surface area contributed by atoms with Gasteiger partial charge in [0.15, 0.2) is 0 Å². The Labute approximate surface area is 119 Å². The second-order valence-corrected chi connectivity index (χ2v) is 4.48. The van der Waals surface area contributed by atoms with E-state index in [4.69, 9.17) is 5.11 Å². The van der Waals surface area contributed by atoms with Gasteiger partial charge in [0.25, 0.3) is 5.91 Å². The molecule has 0 saturated carbocycles. The van der Waals surface area contributed by atoms with Crippen molar-refractivity contribution in [3.63, 3.8) is 0 Å². The molecular formula is C15H11N3O3. The fourth-order valence-electron chi connectivity index (χ4n) is 2.08. The van der Waals surface area contributed by atoms with Gasteiger partial charge in [-0.1, -0.05) is 12.1 Å². The summed E-state index contributed by atoms with van der Waals surface area (Å²) in [6.07, 6.45) is 1.68. The molecule has 0 fully saturated rings. The van der Waals surface area contributed by atoms with Crippen molar-refractivity contribution in [1.29, 1.82) is 0 Å². The van der Waals surface area contributed by atoms with Crippen LogP contribution in [0.25, 0.3) is 10.9 Å². The van der Waals surface area contributed by atoms with Crippen LogP contribution in [-0.4, -0.2) is 27.2 Å². The van der Waals surface area contributed by atoms with E-state index in [-0.39, 0.29) is 11.1 Å². The zero-order valence-corrected chi connectivity index (χ0v) is 10.8. The first-order valence-electron chi connectivity index (χ1n) is 6.22. The van der Waals surface area contributed by atoms with Gasteiger partial charge in [-0.2, -0.15) is 5.10 Å². The van der Waals surface area contributed by atoms with Crippen LogP contribution >= 0.6 is 0 Å². The van der Waals surface area contributed by atoms with Crippen molar-refractivity contribution >= 4 is 28.5 Å². The number of carbonyl (C=O) groups excluding carboxylic acids is 1. The van der Waals surface area contributed by atoms with E-state index in [0.717, 1.165) is 10.9 Å². The predicted molar refractivity (Wildman–Crippen MR) is 77.4 cm³/mol. The number of nitrogens with one attached hydrogen (secondary N) is 2. The number of hydrogen-bond acceptors (Lipinski definition) is 3. The van der Waals surface area contributed by atoms with Crippen LogP contribution in [0.2, 0.25) is 0 Å². The van der Waals surface area contributed by atoms with E-state index in [1.807, 2.05) is 6.07 Å². The summed E-state index contributed by atoms with van der Waals surface area (Å²) in [5, 5.41) is 19.4. The Hall–Kier alpha value is -3.15. The summed E-state index contributed by atoms with van der Waals surface area (Å²) in [6.45, 7) is 0. The lowest BCUT2D eigenvalue weighted by atomic mass is 10.1. The van der Waals surface area contributed by atoms with Gasteiger partial charge in [0.05, 0.1) is 22.8 Å². The maximum atomic E-state index is 12.2. The standard InChI is InChI=1S/C15H11N3O3/c19-14(11-3-1-2-4-12(11)15(20)21)17-10-6-5-9-8-16-18-13(9)7-10/h1-8H,(H,16,18)(H,17,19)(H,20,21). The molecule has 0 saturated heterocycles. The molecule has 3 N–H and O–H groups in total. The van der Waals surface area contributed by atoms with Crippen molar-refractivity contribution in [3.05, 3.63) is 59.8 Å². The Bertz CT molecular complexity index is 839. The summed E-state index contributed by atoms with van der Waals surface area (Å²) in [6, 6.07) is 11.4. The summed E-state index contributed by atoms with van der Waals surface area (Å²) in [5.41, 5.74) is 1.45. The highest BCUT2D eigenvalue weighted by molar-refractivity contribution is 6.11. The lowest BCUT2D eigenvalue weighted by Gasteiger charge is -2.07. The number of anilines is 1. The van der Waals surface area contributed by atoms with Gasteiger partial charge in [0.1, 0.15) is 0 Å². The Morgan fingerprint density at radius 2 is 1.86 bits per heavy atom. The number of carboxylic acids is 1. The summed E-state index contributed by atoms with van der Waals surface area (Å²) in [7, 11) is 0. The zero-order chi connectivity index (χ0) is 14.8. The van der Waals surface area contributed by atoms with E-state index < -0.39 is 11.9 Å². The molecular weight excluding hydrogens is 270 g/mol. The number of aromatic amines is 1. The molecule has 0 unspecified atom stereocenters. The van der Waals surface area contributed by atoms with Gasteiger partial charge < -0.3 is 10.4 Å². The van der Waals surface area contributed by atoms with Crippen molar-refractivity contribution in [2.75, 3.05) is 5.32 Å². The third-order valence-electron chi connectivity index (χ3n) is 3.10. The van der Waals surface area contributed by atoms with Crippen molar-refractivity contribution < 1.29 is 14.7 Å². The quantitative estimate of drug-likeness (QED) is 0.687. The second kappa shape index (κ2) is 5.09. The molecule has 21 heavy (non-hydrogen) atoms. The molecule has 6 heteroatoms. The van der Waals surface area contributed by atoms with Crippen molar-refractivity contribution in [2.24, 2.45) is 0 Å². The van der Waals surface area contributed by atoms with Crippen LogP contribution in [0.4, 0.5) is 5.69 Å². The minimum atomic E-state index is -1.13. The number of carboxylic acid groups (broad SMARTS) is 1. The van der Waals surface area contributed by atoms with Crippen LogP contribution in [0.5, 0.6) is 0 Å². The molecule has 0 aliphatic heterocycles. The number of hydrogen-bond donors (Lipinski definition) is 3. The van der Waals surface area contributed by atoms with E-state index >= 15 is 0 Å². The van der Waals surface area contributed by atoms with Crippen LogP contribution in [-0.2, 0) is 0 Å². The normalized spacial score (nSPS) is 10.5. The molecule has 0 aliphatic rings. The van der Waals surface area contributed by atoms with E-state index in [9.17, 15) is 9.59 Å². The molecule has 1 aromatic heterocycles. The van der Waals surface area contributed by atoms with E-state index in [0.29, 0.717) is 5.69 Å². The molecule has 0 radical (unpaired) electrons. The van der Waals surface area contributed by atoms with Crippen LogP contribution in [0.3, 0.4) is 0 Å². The highest BCUT2D eigenvalue weighted by atomic mass is 16.4. The Kier molecular flexibility index (Phi) is 3.12. The largest absolute Gasteiger partial charge is 0.478 e. The Morgan fingerprint density at radius 1 is 1.10 bits per heavy atom. The van der Waals surface area contributed by atoms with E-state index in [1.54, 1.807) is 30.5 Å². The summed E-state index contributed by atoms with van der Waals surface area (Å²) < 4.78 is 0. The first-order valence-corrected chi connectivity index (χ1v) is 6.22. The van der Waals surface area contributed by atoms with Gasteiger partial charge in [-0.15, -0.1) is 0 Å². The third kappa shape index (κ3) is 2.46. The number of fused-ring (bicyclic) bond motifs is 1. The maximum absolute atomic E-state index is 12.2.